The Hall–Kier alpha value is -5.60. The molecule has 2 aromatic carbocycles. The molecule has 0 saturated carbocycles. The average molecular weight is 614 g/mol. The number of nitro groups is 1. The van der Waals surface area contributed by atoms with Gasteiger partial charge in [0.1, 0.15) is 5.75 Å². The second-order valence-electron chi connectivity index (χ2n) is 10.1. The van der Waals surface area contributed by atoms with E-state index in [-0.39, 0.29) is 11.2 Å². The fourth-order valence-electron chi connectivity index (χ4n) is 4.56. The van der Waals surface area contributed by atoms with Gasteiger partial charge in [0.25, 0.3) is 0 Å². The fourth-order valence-corrected chi connectivity index (χ4v) is 4.56. The normalized spacial score (nSPS) is 10.9. The van der Waals surface area contributed by atoms with E-state index in [1.165, 1.54) is 6.07 Å². The molecule has 234 valence electrons. The number of unbranched alkanes of at least 4 members (excludes halogenated alkanes) is 3. The number of hydrogen-bond donors (Lipinski definition) is 4. The monoisotopic (exact) mass is 613 g/mol. The van der Waals surface area contributed by atoms with Crippen molar-refractivity contribution < 1.29 is 14.3 Å². The molecule has 5 aromatic rings. The van der Waals surface area contributed by atoms with Crippen LogP contribution in [0.2, 0.25) is 0 Å². The number of hydrogen-bond acceptors (Lipinski definition) is 14. The fraction of sp³-hybridized carbons (Fsp3) is 0.333. The lowest BCUT2D eigenvalue weighted by Gasteiger charge is -2.12. The topological polar surface area (TPSA) is 191 Å². The van der Waals surface area contributed by atoms with Crippen molar-refractivity contribution in [3.8, 4) is 5.75 Å². The summed E-state index contributed by atoms with van der Waals surface area (Å²) in [6.45, 7) is 2.58. The van der Waals surface area contributed by atoms with Crippen molar-refractivity contribution in [2.24, 2.45) is 0 Å². The van der Waals surface area contributed by atoms with Gasteiger partial charge in [0.2, 0.25) is 23.4 Å². The van der Waals surface area contributed by atoms with Gasteiger partial charge in [-0.15, -0.1) is 0 Å². The van der Waals surface area contributed by atoms with E-state index >= 15 is 0 Å². The molecule has 0 amide bonds. The SMILES string of the molecule is COc1ccc(CNc2nc(NCCCCCCNc3ccc([N+](=O)[O-])c4nonc34)nc(NCCc3ccccn3)n2)cc1. The highest BCUT2D eigenvalue weighted by Crippen LogP contribution is 2.28. The molecule has 0 radical (unpaired) electrons. The molecule has 15 heteroatoms. The molecule has 0 atom stereocenters. The molecule has 0 saturated heterocycles. The minimum Gasteiger partial charge on any atom is -0.497 e. The third kappa shape index (κ3) is 8.95. The number of pyridine rings is 1. The van der Waals surface area contributed by atoms with Gasteiger partial charge in [-0.05, 0) is 59.1 Å². The molecule has 4 N–H and O–H groups in total. The number of nitro benzene ring substituents is 1. The molecule has 15 nitrogen and oxygen atoms in total. The van der Waals surface area contributed by atoms with Crippen LogP contribution in [0, 0.1) is 10.1 Å². The third-order valence-corrected chi connectivity index (χ3v) is 6.93. The van der Waals surface area contributed by atoms with Gasteiger partial charge in [-0.2, -0.15) is 15.0 Å². The van der Waals surface area contributed by atoms with Gasteiger partial charge in [-0.1, -0.05) is 31.0 Å². The predicted octanol–water partition coefficient (Wildman–Crippen LogP) is 5.07. The zero-order valence-electron chi connectivity index (χ0n) is 24.9. The first-order valence-corrected chi connectivity index (χ1v) is 14.7. The molecule has 0 bridgehead atoms. The van der Waals surface area contributed by atoms with Crippen molar-refractivity contribution in [1.29, 1.82) is 0 Å². The first-order chi connectivity index (χ1) is 22.1. The van der Waals surface area contributed by atoms with E-state index in [9.17, 15) is 10.1 Å². The molecule has 0 aliphatic rings. The standard InChI is InChI=1S/C30H35N11O4/c1-44-23-11-9-21(10-12-23)20-35-30-37-28(36-29(38-30)34-19-15-22-8-4-7-16-31-22)33-18-6-3-2-5-17-32-24-13-14-25(41(42)43)27-26(24)39-45-40-27/h4,7-14,16,32H,2-3,5-6,15,17-20H2,1H3,(H3,33,34,35,36,37,38). The second kappa shape index (κ2) is 15.7. The van der Waals surface area contributed by atoms with Gasteiger partial charge < -0.3 is 26.0 Å². The lowest BCUT2D eigenvalue weighted by molar-refractivity contribution is -0.383. The minimum absolute atomic E-state index is 0.130. The number of nitrogens with one attached hydrogen (secondary N) is 4. The van der Waals surface area contributed by atoms with Gasteiger partial charge in [-0.25, -0.2) is 4.63 Å². The summed E-state index contributed by atoms with van der Waals surface area (Å²) in [6, 6.07) is 16.7. The van der Waals surface area contributed by atoms with Gasteiger partial charge >= 0.3 is 5.69 Å². The number of methoxy groups -OCH3 is 1. The number of rotatable bonds is 18. The van der Waals surface area contributed by atoms with Crippen LogP contribution < -0.4 is 26.0 Å². The summed E-state index contributed by atoms with van der Waals surface area (Å²) in [4.78, 5) is 28.7. The number of non-ortho nitro benzene ring substituents is 1. The van der Waals surface area contributed by atoms with Gasteiger partial charge in [-0.3, -0.25) is 15.1 Å². The summed E-state index contributed by atoms with van der Waals surface area (Å²) in [5.41, 5.74) is 3.08. The molecule has 45 heavy (non-hydrogen) atoms. The smallest absolute Gasteiger partial charge is 0.300 e. The van der Waals surface area contributed by atoms with E-state index < -0.39 is 4.92 Å². The van der Waals surface area contributed by atoms with Gasteiger partial charge in [0.15, 0.2) is 5.52 Å². The average Bonchev–Trinajstić information content (AvgIpc) is 3.56. The number of aromatic nitrogens is 6. The van der Waals surface area contributed by atoms with E-state index in [0.29, 0.717) is 55.2 Å². The number of anilines is 4. The zero-order valence-corrected chi connectivity index (χ0v) is 24.9. The summed E-state index contributed by atoms with van der Waals surface area (Å²) < 4.78 is 9.96. The van der Waals surface area contributed by atoms with Crippen molar-refractivity contribution in [3.63, 3.8) is 0 Å². The lowest BCUT2D eigenvalue weighted by Crippen LogP contribution is -2.14. The summed E-state index contributed by atoms with van der Waals surface area (Å²) in [5, 5.41) is 31.8. The Labute approximate surface area is 259 Å². The van der Waals surface area contributed by atoms with Crippen LogP contribution in [0.15, 0.2) is 65.4 Å². The predicted molar refractivity (Wildman–Crippen MR) is 170 cm³/mol. The third-order valence-electron chi connectivity index (χ3n) is 6.93. The molecule has 0 spiro atoms. The Morgan fingerprint density at radius 1 is 0.778 bits per heavy atom. The van der Waals surface area contributed by atoms with Crippen molar-refractivity contribution in [1.82, 2.24) is 30.2 Å². The summed E-state index contributed by atoms with van der Waals surface area (Å²) in [5.74, 6) is 2.25. The van der Waals surface area contributed by atoms with Crippen LogP contribution in [0.1, 0.15) is 36.9 Å². The van der Waals surface area contributed by atoms with Crippen LogP contribution >= 0.6 is 0 Å². The Morgan fingerprint density at radius 3 is 2.16 bits per heavy atom. The Balaban J connectivity index is 1.08. The highest BCUT2D eigenvalue weighted by molar-refractivity contribution is 5.93. The summed E-state index contributed by atoms with van der Waals surface area (Å²) >= 11 is 0. The van der Waals surface area contributed by atoms with Gasteiger partial charge in [0, 0.05) is 50.6 Å². The molecule has 5 rings (SSSR count). The van der Waals surface area contributed by atoms with Crippen LogP contribution in [-0.2, 0) is 13.0 Å². The van der Waals surface area contributed by atoms with Crippen LogP contribution in [0.4, 0.5) is 29.2 Å². The second-order valence-corrected chi connectivity index (χ2v) is 10.1. The maximum Gasteiger partial charge on any atom is 0.300 e. The number of fused-ring (bicyclic) bond motifs is 1. The minimum atomic E-state index is -0.498. The van der Waals surface area contributed by atoms with E-state index in [2.05, 4.69) is 51.5 Å². The summed E-state index contributed by atoms with van der Waals surface area (Å²) in [6.07, 6.45) is 6.36. The van der Waals surface area contributed by atoms with Crippen LogP contribution in [0.5, 0.6) is 5.75 Å². The molecule has 3 heterocycles. The van der Waals surface area contributed by atoms with Crippen LogP contribution in [-0.4, -0.2) is 61.9 Å². The molecule has 3 aromatic heterocycles. The highest BCUT2D eigenvalue weighted by Gasteiger charge is 2.19. The molecule has 0 unspecified atom stereocenters. The first-order valence-electron chi connectivity index (χ1n) is 14.7. The van der Waals surface area contributed by atoms with Gasteiger partial charge in [0.05, 0.1) is 17.7 Å². The molecular formula is C30H35N11O4. The van der Waals surface area contributed by atoms with E-state index in [0.717, 1.165) is 49.1 Å². The van der Waals surface area contributed by atoms with Crippen LogP contribution in [0.25, 0.3) is 11.0 Å². The Kier molecular flexibility index (Phi) is 10.8. The van der Waals surface area contributed by atoms with Crippen molar-refractivity contribution >= 4 is 40.3 Å². The maximum atomic E-state index is 11.2. The molecule has 0 aliphatic heterocycles. The number of ether oxygens (including phenoxy) is 1. The molecule has 0 fully saturated rings. The quantitative estimate of drug-likeness (QED) is 0.0581. The number of benzene rings is 2. The number of nitrogens with zero attached hydrogens (tertiary/aromatic N) is 7. The Bertz CT molecular complexity index is 1670. The van der Waals surface area contributed by atoms with Crippen molar-refractivity contribution in [2.75, 3.05) is 48.0 Å². The zero-order chi connectivity index (χ0) is 31.3. The highest BCUT2D eigenvalue weighted by atomic mass is 16.6. The van der Waals surface area contributed by atoms with E-state index in [1.807, 2.05) is 42.5 Å². The largest absolute Gasteiger partial charge is 0.497 e. The van der Waals surface area contributed by atoms with Crippen LogP contribution in [0.3, 0.4) is 0 Å². The van der Waals surface area contributed by atoms with E-state index in [1.54, 1.807) is 19.4 Å². The summed E-state index contributed by atoms with van der Waals surface area (Å²) in [7, 11) is 1.64. The lowest BCUT2D eigenvalue weighted by atomic mass is 10.2. The molecule has 0 aliphatic carbocycles. The van der Waals surface area contributed by atoms with Crippen molar-refractivity contribution in [2.45, 2.75) is 38.6 Å². The Morgan fingerprint density at radius 2 is 1.47 bits per heavy atom. The van der Waals surface area contributed by atoms with E-state index in [4.69, 9.17) is 9.37 Å². The molecular weight excluding hydrogens is 578 g/mol. The first kappa shape index (κ1) is 30.8. The van der Waals surface area contributed by atoms with Crippen molar-refractivity contribution in [3.05, 3.63) is 82.2 Å². The maximum absolute atomic E-state index is 11.2.